The lowest BCUT2D eigenvalue weighted by Crippen LogP contribution is -2.37. The van der Waals surface area contributed by atoms with Gasteiger partial charge in [-0.3, -0.25) is 4.79 Å². The van der Waals surface area contributed by atoms with Gasteiger partial charge in [-0.1, -0.05) is 16.6 Å². The third kappa shape index (κ3) is 3.35. The molecule has 2 rings (SSSR count). The van der Waals surface area contributed by atoms with Gasteiger partial charge in [0.25, 0.3) is 6.33 Å². The van der Waals surface area contributed by atoms with E-state index < -0.39 is 0 Å². The molecule has 86 valence electrons. The molecule has 5 heteroatoms. The lowest BCUT2D eigenvalue weighted by atomic mass is 10.1. The maximum absolute atomic E-state index is 11.9. The minimum atomic E-state index is 0.0200. The van der Waals surface area contributed by atoms with Crippen LogP contribution < -0.4 is 4.57 Å². The molecule has 0 radical (unpaired) electrons. The Balaban J connectivity index is 2.14. The average Bonchev–Trinajstić information content (AvgIpc) is 2.29. The van der Waals surface area contributed by atoms with Gasteiger partial charge in [0.15, 0.2) is 12.7 Å². The van der Waals surface area contributed by atoms with Crippen molar-refractivity contribution in [2.24, 2.45) is 0 Å². The van der Waals surface area contributed by atoms with Crippen molar-refractivity contribution in [2.45, 2.75) is 6.54 Å². The van der Waals surface area contributed by atoms with Gasteiger partial charge < -0.3 is 0 Å². The first kappa shape index (κ1) is 12.2. The van der Waals surface area contributed by atoms with Crippen LogP contribution in [0.15, 0.2) is 47.5 Å². The fourth-order valence-corrected chi connectivity index (χ4v) is 1.90. The van der Waals surface area contributed by atoms with E-state index in [2.05, 4.69) is 20.9 Å². The maximum atomic E-state index is 11.9. The van der Waals surface area contributed by atoms with Crippen molar-refractivity contribution in [1.82, 2.24) is 4.98 Å². The minimum Gasteiger partial charge on any atom is -0.290 e. The SMILES string of the molecule is O=C(C[n+]1cncc(Br)c1)c1ccc(Cl)cc1. The summed E-state index contributed by atoms with van der Waals surface area (Å²) < 4.78 is 2.56. The number of benzene rings is 1. The smallest absolute Gasteiger partial charge is 0.286 e. The molecule has 3 nitrogen and oxygen atoms in total. The van der Waals surface area contributed by atoms with E-state index in [-0.39, 0.29) is 12.3 Å². The Kier molecular flexibility index (Phi) is 3.86. The van der Waals surface area contributed by atoms with Gasteiger partial charge in [-0.25, -0.2) is 4.57 Å². The topological polar surface area (TPSA) is 33.8 Å². The third-order valence-electron chi connectivity index (χ3n) is 2.19. The molecule has 0 N–H and O–H groups in total. The van der Waals surface area contributed by atoms with Crippen molar-refractivity contribution < 1.29 is 9.36 Å². The molecule has 0 spiro atoms. The number of carbonyl (C=O) groups is 1. The molecule has 0 saturated carbocycles. The molecule has 0 atom stereocenters. The van der Waals surface area contributed by atoms with Crippen LogP contribution in [0, 0.1) is 0 Å². The number of nitrogens with zero attached hydrogens (tertiary/aromatic N) is 2. The molecule has 0 aliphatic rings. The lowest BCUT2D eigenvalue weighted by molar-refractivity contribution is -0.686. The quantitative estimate of drug-likeness (QED) is 0.645. The van der Waals surface area contributed by atoms with Gasteiger partial charge in [0.05, 0.1) is 0 Å². The van der Waals surface area contributed by atoms with Crippen molar-refractivity contribution in [1.29, 1.82) is 0 Å². The normalized spacial score (nSPS) is 10.2. The van der Waals surface area contributed by atoms with Crippen LogP contribution >= 0.6 is 27.5 Å². The molecular weight excluding hydrogens is 304 g/mol. The number of hydrogen-bond acceptors (Lipinski definition) is 2. The van der Waals surface area contributed by atoms with Gasteiger partial charge in [-0.2, -0.15) is 0 Å². The van der Waals surface area contributed by atoms with Crippen molar-refractivity contribution >= 4 is 33.3 Å². The summed E-state index contributed by atoms with van der Waals surface area (Å²) in [5.41, 5.74) is 0.641. The van der Waals surface area contributed by atoms with Crippen LogP contribution in [0.1, 0.15) is 10.4 Å². The van der Waals surface area contributed by atoms with Gasteiger partial charge in [0, 0.05) is 10.6 Å². The molecule has 0 unspecified atom stereocenters. The first-order valence-corrected chi connectivity index (χ1v) is 6.10. The molecule has 0 fully saturated rings. The molecule has 0 amide bonds. The van der Waals surface area contributed by atoms with Crippen molar-refractivity contribution in [2.75, 3.05) is 0 Å². The second kappa shape index (κ2) is 5.38. The Bertz CT molecular complexity index is 542. The van der Waals surface area contributed by atoms with E-state index in [1.807, 2.05) is 0 Å². The van der Waals surface area contributed by atoms with Crippen LogP contribution in [0.2, 0.25) is 5.02 Å². The largest absolute Gasteiger partial charge is 0.290 e. The molecule has 17 heavy (non-hydrogen) atoms. The van der Waals surface area contributed by atoms with Gasteiger partial charge in [-0.05, 0) is 40.2 Å². The van der Waals surface area contributed by atoms with Crippen LogP contribution in [0.25, 0.3) is 0 Å². The van der Waals surface area contributed by atoms with Crippen molar-refractivity contribution in [3.05, 3.63) is 58.0 Å². The molecule has 0 aliphatic heterocycles. The summed E-state index contributed by atoms with van der Waals surface area (Å²) in [7, 11) is 0. The minimum absolute atomic E-state index is 0.0200. The molecular formula is C12H9BrClN2O+. The highest BCUT2D eigenvalue weighted by molar-refractivity contribution is 9.10. The predicted molar refractivity (Wildman–Crippen MR) is 67.9 cm³/mol. The Hall–Kier alpha value is -1.26. The number of ketones is 1. The summed E-state index contributed by atoms with van der Waals surface area (Å²) in [6.07, 6.45) is 5.09. The third-order valence-corrected chi connectivity index (χ3v) is 2.86. The second-order valence-electron chi connectivity index (χ2n) is 3.51. The van der Waals surface area contributed by atoms with Gasteiger partial charge >= 0.3 is 0 Å². The fourth-order valence-electron chi connectivity index (χ4n) is 1.39. The zero-order valence-electron chi connectivity index (χ0n) is 8.81. The first-order valence-electron chi connectivity index (χ1n) is 4.93. The Morgan fingerprint density at radius 2 is 2.06 bits per heavy atom. The molecule has 1 aromatic heterocycles. The Morgan fingerprint density at radius 3 is 2.71 bits per heavy atom. The number of carbonyl (C=O) groups excluding carboxylic acids is 1. The van der Waals surface area contributed by atoms with Gasteiger partial charge in [0.2, 0.25) is 5.78 Å². The van der Waals surface area contributed by atoms with Gasteiger partial charge in [-0.15, -0.1) is 0 Å². The van der Waals surface area contributed by atoms with Crippen molar-refractivity contribution in [3.63, 3.8) is 0 Å². The average molecular weight is 313 g/mol. The first-order chi connectivity index (χ1) is 8.15. The monoisotopic (exact) mass is 311 g/mol. The van der Waals surface area contributed by atoms with Crippen molar-refractivity contribution in [3.8, 4) is 0 Å². The van der Waals surface area contributed by atoms with E-state index in [0.717, 1.165) is 4.47 Å². The molecule has 0 aliphatic carbocycles. The summed E-state index contributed by atoms with van der Waals surface area (Å²) >= 11 is 9.07. The molecule has 2 aromatic rings. The van der Waals surface area contributed by atoms with E-state index in [0.29, 0.717) is 10.6 Å². The number of aromatic nitrogens is 2. The lowest BCUT2D eigenvalue weighted by Gasteiger charge is -2.00. The summed E-state index contributed by atoms with van der Waals surface area (Å²) in [5, 5.41) is 0.623. The molecule has 0 saturated heterocycles. The van der Waals surface area contributed by atoms with Crippen LogP contribution in [0.5, 0.6) is 0 Å². The van der Waals surface area contributed by atoms with E-state index in [4.69, 9.17) is 11.6 Å². The van der Waals surface area contributed by atoms with E-state index >= 15 is 0 Å². The number of Topliss-reactive ketones (excluding diaryl/α,β-unsaturated/α-hetero) is 1. The highest BCUT2D eigenvalue weighted by Crippen LogP contribution is 2.10. The summed E-state index contributed by atoms with van der Waals surface area (Å²) in [6.45, 7) is 0.258. The summed E-state index contributed by atoms with van der Waals surface area (Å²) in [6, 6.07) is 6.85. The van der Waals surface area contributed by atoms with Crippen LogP contribution in [0.3, 0.4) is 0 Å². The Labute approximate surface area is 112 Å². The standard InChI is InChI=1S/C12H9BrClN2O/c13-10-5-15-8-16(6-10)7-12(17)9-1-3-11(14)4-2-9/h1-6,8H,7H2/q+1. The Morgan fingerprint density at radius 1 is 1.35 bits per heavy atom. The summed E-state index contributed by atoms with van der Waals surface area (Å²) in [4.78, 5) is 15.9. The summed E-state index contributed by atoms with van der Waals surface area (Å²) in [5.74, 6) is 0.0200. The number of hydrogen-bond donors (Lipinski definition) is 0. The number of rotatable bonds is 3. The van der Waals surface area contributed by atoms with Crippen LogP contribution in [0.4, 0.5) is 0 Å². The highest BCUT2D eigenvalue weighted by atomic mass is 79.9. The second-order valence-corrected chi connectivity index (χ2v) is 4.86. The van der Waals surface area contributed by atoms with E-state index in [1.165, 1.54) is 0 Å². The van der Waals surface area contributed by atoms with Crippen LogP contribution in [-0.4, -0.2) is 10.8 Å². The zero-order chi connectivity index (χ0) is 12.3. The van der Waals surface area contributed by atoms with E-state index in [9.17, 15) is 4.79 Å². The number of halogens is 2. The molecule has 0 bridgehead atoms. The van der Waals surface area contributed by atoms with Crippen LogP contribution in [-0.2, 0) is 6.54 Å². The maximum Gasteiger partial charge on any atom is 0.286 e. The molecule has 1 aromatic carbocycles. The van der Waals surface area contributed by atoms with E-state index in [1.54, 1.807) is 47.6 Å². The fraction of sp³-hybridized carbons (Fsp3) is 0.0833. The molecule has 1 heterocycles. The highest BCUT2D eigenvalue weighted by Gasteiger charge is 2.10. The predicted octanol–water partition coefficient (Wildman–Crippen LogP) is 2.67. The van der Waals surface area contributed by atoms with Gasteiger partial charge in [0.1, 0.15) is 10.7 Å². The zero-order valence-corrected chi connectivity index (χ0v) is 11.1.